The number of halogens is 2. The van der Waals surface area contributed by atoms with Gasteiger partial charge < -0.3 is 14.5 Å². The summed E-state index contributed by atoms with van der Waals surface area (Å²) in [6, 6.07) is 16.8. The molecule has 0 saturated heterocycles. The first kappa shape index (κ1) is 24.7. The van der Waals surface area contributed by atoms with Crippen LogP contribution in [0.4, 0.5) is 0 Å². The minimum Gasteiger partial charge on any atom is -0.367 e. The maximum atomic E-state index is 13.5. The van der Waals surface area contributed by atoms with Gasteiger partial charge in [-0.3, -0.25) is 9.59 Å². The Morgan fingerprint density at radius 3 is 2.65 bits per heavy atom. The van der Waals surface area contributed by atoms with Crippen LogP contribution in [-0.4, -0.2) is 47.9 Å². The lowest BCUT2D eigenvalue weighted by Crippen LogP contribution is -2.47. The van der Waals surface area contributed by atoms with Crippen molar-refractivity contribution in [1.82, 2.24) is 9.80 Å². The fourth-order valence-corrected chi connectivity index (χ4v) is 5.61. The van der Waals surface area contributed by atoms with Crippen molar-refractivity contribution in [2.75, 3.05) is 26.2 Å². The van der Waals surface area contributed by atoms with Gasteiger partial charge in [-0.2, -0.15) is 0 Å². The summed E-state index contributed by atoms with van der Waals surface area (Å²) in [6.45, 7) is 3.11. The zero-order chi connectivity index (χ0) is 24.1. The number of carbonyl (C=O) groups is 2. The fourth-order valence-electron chi connectivity index (χ4n) is 4.20. The second-order valence-corrected chi connectivity index (χ2v) is 9.94. The summed E-state index contributed by atoms with van der Waals surface area (Å²) < 4.78 is 5.60. The molecule has 0 bridgehead atoms. The molecule has 0 fully saturated rings. The van der Waals surface area contributed by atoms with E-state index in [1.165, 1.54) is 9.78 Å². The molecule has 34 heavy (non-hydrogen) atoms. The molecule has 0 N–H and O–H groups in total. The summed E-state index contributed by atoms with van der Waals surface area (Å²) in [5.41, 5.74) is 2.91. The van der Waals surface area contributed by atoms with Gasteiger partial charge in [0, 0.05) is 28.0 Å². The second kappa shape index (κ2) is 11.4. The Hall–Kier alpha value is -2.38. The van der Waals surface area contributed by atoms with Crippen molar-refractivity contribution < 1.29 is 14.3 Å². The Morgan fingerprint density at radius 1 is 1.12 bits per heavy atom. The lowest BCUT2D eigenvalue weighted by molar-refractivity contribution is -0.144. The van der Waals surface area contributed by atoms with Gasteiger partial charge in [0.25, 0.3) is 0 Å². The first-order valence-corrected chi connectivity index (χ1v) is 12.8. The summed E-state index contributed by atoms with van der Waals surface area (Å²) in [7, 11) is 0. The Labute approximate surface area is 213 Å². The van der Waals surface area contributed by atoms with Gasteiger partial charge in [0.15, 0.2) is 0 Å². The zero-order valence-electron chi connectivity index (χ0n) is 18.9. The highest BCUT2D eigenvalue weighted by Gasteiger charge is 2.34. The summed E-state index contributed by atoms with van der Waals surface area (Å²) in [4.78, 5) is 30.9. The molecule has 8 heteroatoms. The van der Waals surface area contributed by atoms with Crippen molar-refractivity contribution in [3.05, 3.63) is 91.6 Å². The highest BCUT2D eigenvalue weighted by molar-refractivity contribution is 7.10. The summed E-state index contributed by atoms with van der Waals surface area (Å²) >= 11 is 14.4. The number of rotatable bonds is 8. The molecule has 4 rings (SSSR count). The van der Waals surface area contributed by atoms with Crippen LogP contribution >= 0.6 is 34.5 Å². The molecular formula is C26H26Cl2N2O3S. The van der Waals surface area contributed by atoms with Gasteiger partial charge in [0.05, 0.1) is 19.2 Å². The molecule has 0 saturated carbocycles. The lowest BCUT2D eigenvalue weighted by Gasteiger charge is -2.38. The molecule has 5 nitrogen and oxygen atoms in total. The van der Waals surface area contributed by atoms with Crippen molar-refractivity contribution >= 4 is 46.4 Å². The van der Waals surface area contributed by atoms with Crippen LogP contribution in [0.25, 0.3) is 0 Å². The van der Waals surface area contributed by atoms with E-state index >= 15 is 0 Å². The van der Waals surface area contributed by atoms with E-state index in [2.05, 4.69) is 6.07 Å². The molecule has 1 aliphatic heterocycles. The number of fused-ring (bicyclic) bond motifs is 1. The van der Waals surface area contributed by atoms with Gasteiger partial charge in [-0.15, -0.1) is 11.3 Å². The van der Waals surface area contributed by atoms with Crippen molar-refractivity contribution in [3.63, 3.8) is 0 Å². The maximum absolute atomic E-state index is 13.5. The average molecular weight is 517 g/mol. The monoisotopic (exact) mass is 516 g/mol. The number of nitrogens with zero attached hydrogens (tertiary/aromatic N) is 2. The van der Waals surface area contributed by atoms with E-state index in [9.17, 15) is 9.59 Å². The molecule has 1 aromatic heterocycles. The molecule has 0 spiro atoms. The third kappa shape index (κ3) is 5.63. The van der Waals surface area contributed by atoms with E-state index in [0.29, 0.717) is 29.7 Å². The lowest BCUT2D eigenvalue weighted by atomic mass is 9.93. The van der Waals surface area contributed by atoms with Gasteiger partial charge in [0.2, 0.25) is 11.8 Å². The van der Waals surface area contributed by atoms with Crippen molar-refractivity contribution in [2.24, 2.45) is 0 Å². The molecule has 1 unspecified atom stereocenters. The predicted octanol–water partition coefficient (Wildman–Crippen LogP) is 5.59. The van der Waals surface area contributed by atoms with E-state index in [1.807, 2.05) is 53.6 Å². The number of likely N-dealkylation sites (N-methyl/N-ethyl adjacent to an activating group) is 1. The van der Waals surface area contributed by atoms with E-state index in [-0.39, 0.29) is 31.0 Å². The second-order valence-electron chi connectivity index (χ2n) is 8.09. The Balaban J connectivity index is 1.47. The summed E-state index contributed by atoms with van der Waals surface area (Å²) in [5, 5.41) is 3.11. The molecule has 2 amide bonds. The third-order valence-corrected chi connectivity index (χ3v) is 7.50. The van der Waals surface area contributed by atoms with E-state index in [0.717, 1.165) is 23.1 Å². The Bertz CT molecular complexity index is 1150. The van der Waals surface area contributed by atoms with Gasteiger partial charge in [-0.25, -0.2) is 0 Å². The molecule has 178 valence electrons. The molecular weight excluding hydrogens is 491 g/mol. The largest absolute Gasteiger partial charge is 0.367 e. The first-order chi connectivity index (χ1) is 16.5. The highest BCUT2D eigenvalue weighted by Crippen LogP contribution is 2.41. The smallest absolute Gasteiger partial charge is 0.249 e. The number of benzene rings is 2. The number of amides is 2. The molecule has 3 aromatic rings. The summed E-state index contributed by atoms with van der Waals surface area (Å²) in [6.07, 6.45) is 0.778. The quantitative estimate of drug-likeness (QED) is 0.391. The first-order valence-electron chi connectivity index (χ1n) is 11.2. The molecule has 1 atom stereocenters. The SMILES string of the molecule is CCN(CC(=O)N1CCc2sccc2C1c1ccc(Cl)cc1Cl)C(=O)COCc1ccccc1. The number of ether oxygens (including phenoxy) is 1. The van der Waals surface area contributed by atoms with Crippen LogP contribution in [0.3, 0.4) is 0 Å². The Morgan fingerprint density at radius 2 is 1.91 bits per heavy atom. The number of carbonyl (C=O) groups excluding carboxylic acids is 2. The van der Waals surface area contributed by atoms with Crippen LogP contribution in [0.2, 0.25) is 10.0 Å². The normalized spacial score (nSPS) is 15.1. The predicted molar refractivity (Wildman–Crippen MR) is 136 cm³/mol. The maximum Gasteiger partial charge on any atom is 0.249 e. The minimum atomic E-state index is -0.310. The number of hydrogen-bond acceptors (Lipinski definition) is 4. The van der Waals surface area contributed by atoms with E-state index in [1.54, 1.807) is 23.5 Å². The van der Waals surface area contributed by atoms with Crippen LogP contribution in [-0.2, 0) is 27.4 Å². The van der Waals surface area contributed by atoms with Gasteiger partial charge in [-0.1, -0.05) is 59.6 Å². The molecule has 0 aliphatic carbocycles. The molecule has 1 aliphatic rings. The molecule has 2 aromatic carbocycles. The van der Waals surface area contributed by atoms with Crippen molar-refractivity contribution in [2.45, 2.75) is 26.0 Å². The topological polar surface area (TPSA) is 49.9 Å². The van der Waals surface area contributed by atoms with Crippen LogP contribution in [0.1, 0.15) is 34.5 Å². The van der Waals surface area contributed by atoms with Crippen LogP contribution in [0, 0.1) is 0 Å². The fraction of sp³-hybridized carbons (Fsp3) is 0.308. The van der Waals surface area contributed by atoms with Crippen LogP contribution in [0.15, 0.2) is 60.0 Å². The molecule has 0 radical (unpaired) electrons. The highest BCUT2D eigenvalue weighted by atomic mass is 35.5. The minimum absolute atomic E-state index is 0.00872. The van der Waals surface area contributed by atoms with Gasteiger partial charge in [-0.05, 0) is 53.6 Å². The van der Waals surface area contributed by atoms with E-state index in [4.69, 9.17) is 27.9 Å². The van der Waals surface area contributed by atoms with Crippen LogP contribution in [0.5, 0.6) is 0 Å². The average Bonchev–Trinajstić information content (AvgIpc) is 3.32. The van der Waals surface area contributed by atoms with Crippen LogP contribution < -0.4 is 0 Å². The van der Waals surface area contributed by atoms with E-state index < -0.39 is 0 Å². The molecule has 2 heterocycles. The summed E-state index contributed by atoms with van der Waals surface area (Å²) in [5.74, 6) is -0.327. The standard InChI is InChI=1S/C26H26Cl2N2O3S/c1-2-29(25(32)17-33-16-18-6-4-3-5-7-18)15-24(31)30-12-10-23-21(11-13-34-23)26(30)20-9-8-19(27)14-22(20)28/h3-9,11,13-14,26H,2,10,12,15-17H2,1H3. The zero-order valence-corrected chi connectivity index (χ0v) is 21.2. The van der Waals surface area contributed by atoms with Crippen molar-refractivity contribution in [1.29, 1.82) is 0 Å². The van der Waals surface area contributed by atoms with Crippen molar-refractivity contribution in [3.8, 4) is 0 Å². The Kier molecular flexibility index (Phi) is 8.27. The van der Waals surface area contributed by atoms with Gasteiger partial charge in [0.1, 0.15) is 6.61 Å². The number of hydrogen-bond donors (Lipinski definition) is 0. The number of thiophene rings is 1. The third-order valence-electron chi connectivity index (χ3n) is 5.94. The van der Waals surface area contributed by atoms with Gasteiger partial charge >= 0.3 is 0 Å².